The minimum Gasteiger partial charge on any atom is -0.497 e. The maximum Gasteiger partial charge on any atom is 0.223 e. The summed E-state index contributed by atoms with van der Waals surface area (Å²) < 4.78 is 5.21. The highest BCUT2D eigenvalue weighted by Gasteiger charge is 2.07. The Morgan fingerprint density at radius 1 is 1.05 bits per heavy atom. The van der Waals surface area contributed by atoms with E-state index >= 15 is 0 Å². The minimum absolute atomic E-state index is 0.0385. The van der Waals surface area contributed by atoms with Crippen LogP contribution in [-0.2, 0) is 0 Å². The summed E-state index contributed by atoms with van der Waals surface area (Å²) in [6, 6.07) is 12.8. The molecule has 2 rings (SSSR count). The topological polar surface area (TPSA) is 112 Å². The van der Waals surface area contributed by atoms with Crippen LogP contribution in [0.25, 0.3) is 11.1 Å². The average molecular weight is 318 g/mol. The van der Waals surface area contributed by atoms with E-state index in [1.165, 1.54) is 0 Å². The van der Waals surface area contributed by atoms with Gasteiger partial charge in [-0.1, -0.05) is 23.7 Å². The van der Waals surface area contributed by atoms with Gasteiger partial charge in [0.25, 0.3) is 0 Å². The normalized spacial score (nSPS) is 11.1. The Kier molecular flexibility index (Phi) is 4.85. The first-order valence-electron chi connectivity index (χ1n) is 6.37. The molecule has 6 N–H and O–H groups in total. The second kappa shape index (κ2) is 6.82. The number of hydrogen-bond donors (Lipinski definition) is 3. The molecular weight excluding hydrogens is 302 g/mol. The molecule has 0 aromatic heterocycles. The number of rotatable bonds is 3. The first-order chi connectivity index (χ1) is 10.5. The lowest BCUT2D eigenvalue weighted by atomic mass is 10.0. The molecule has 22 heavy (non-hydrogen) atoms. The van der Waals surface area contributed by atoms with Gasteiger partial charge in [-0.2, -0.15) is 4.99 Å². The second-order valence-corrected chi connectivity index (χ2v) is 4.83. The Labute approximate surface area is 133 Å². The van der Waals surface area contributed by atoms with Crippen molar-refractivity contribution in [2.24, 2.45) is 27.2 Å². The molecule has 0 fully saturated rings. The zero-order chi connectivity index (χ0) is 16.1. The fourth-order valence-electron chi connectivity index (χ4n) is 1.89. The number of benzene rings is 2. The van der Waals surface area contributed by atoms with E-state index in [4.69, 9.17) is 33.5 Å². The average Bonchev–Trinajstić information content (AvgIpc) is 2.47. The van der Waals surface area contributed by atoms with Gasteiger partial charge in [-0.05, 0) is 29.8 Å². The molecule has 0 aliphatic carbocycles. The van der Waals surface area contributed by atoms with Crippen LogP contribution in [0.5, 0.6) is 5.75 Å². The van der Waals surface area contributed by atoms with Crippen LogP contribution in [0, 0.1) is 0 Å². The number of hydrogen-bond acceptors (Lipinski definition) is 2. The molecule has 0 radical (unpaired) electrons. The van der Waals surface area contributed by atoms with Gasteiger partial charge in [-0.3, -0.25) is 0 Å². The highest BCUT2D eigenvalue weighted by molar-refractivity contribution is 6.30. The van der Waals surface area contributed by atoms with E-state index in [0.717, 1.165) is 11.1 Å². The predicted octanol–water partition coefficient (Wildman–Crippen LogP) is 2.24. The monoisotopic (exact) mass is 317 g/mol. The van der Waals surface area contributed by atoms with Crippen molar-refractivity contribution in [2.45, 2.75) is 0 Å². The van der Waals surface area contributed by atoms with E-state index in [9.17, 15) is 0 Å². The third-order valence-electron chi connectivity index (χ3n) is 2.84. The highest BCUT2D eigenvalue weighted by atomic mass is 35.5. The molecule has 0 aliphatic heterocycles. The summed E-state index contributed by atoms with van der Waals surface area (Å²) in [5, 5.41) is 0.655. The summed E-state index contributed by atoms with van der Waals surface area (Å²) >= 11 is 5.92. The zero-order valence-corrected chi connectivity index (χ0v) is 12.7. The number of guanidine groups is 2. The van der Waals surface area contributed by atoms with E-state index in [0.29, 0.717) is 16.5 Å². The fraction of sp³-hybridized carbons (Fsp3) is 0.0667. The molecule has 0 atom stereocenters. The molecule has 0 heterocycles. The van der Waals surface area contributed by atoms with Crippen LogP contribution in [0.3, 0.4) is 0 Å². The molecule has 0 aliphatic rings. The van der Waals surface area contributed by atoms with Gasteiger partial charge in [0.1, 0.15) is 5.75 Å². The molecular formula is C15H16ClN5O. The van der Waals surface area contributed by atoms with Crippen LogP contribution in [0.1, 0.15) is 0 Å². The first kappa shape index (κ1) is 15.7. The third-order valence-corrected chi connectivity index (χ3v) is 3.09. The van der Waals surface area contributed by atoms with Gasteiger partial charge in [0, 0.05) is 16.7 Å². The third kappa shape index (κ3) is 3.89. The van der Waals surface area contributed by atoms with E-state index in [1.807, 2.05) is 24.3 Å². The minimum atomic E-state index is -0.155. The number of halogens is 1. The van der Waals surface area contributed by atoms with Crippen LogP contribution >= 0.6 is 11.6 Å². The quantitative estimate of drug-likeness (QED) is 0.595. The SMILES string of the molecule is COc1ccc(-c2ccc(Cl)cc2)c(N=C(N)N=C(N)N)c1. The zero-order valence-electron chi connectivity index (χ0n) is 12.0. The summed E-state index contributed by atoms with van der Waals surface area (Å²) in [7, 11) is 1.57. The van der Waals surface area contributed by atoms with Crippen molar-refractivity contribution >= 4 is 29.2 Å². The van der Waals surface area contributed by atoms with Gasteiger partial charge in [-0.15, -0.1) is 0 Å². The molecule has 7 heteroatoms. The lowest BCUT2D eigenvalue weighted by Gasteiger charge is -2.09. The summed E-state index contributed by atoms with van der Waals surface area (Å²) in [5.41, 5.74) is 18.7. The van der Waals surface area contributed by atoms with Gasteiger partial charge >= 0.3 is 0 Å². The summed E-state index contributed by atoms with van der Waals surface area (Å²) in [6.07, 6.45) is 0. The van der Waals surface area contributed by atoms with Crippen molar-refractivity contribution in [3.8, 4) is 16.9 Å². The number of nitrogens with two attached hydrogens (primary N) is 3. The Morgan fingerprint density at radius 2 is 1.73 bits per heavy atom. The summed E-state index contributed by atoms with van der Waals surface area (Å²) in [4.78, 5) is 7.96. The summed E-state index contributed by atoms with van der Waals surface area (Å²) in [5.74, 6) is 0.453. The van der Waals surface area contributed by atoms with Crippen molar-refractivity contribution in [1.82, 2.24) is 0 Å². The van der Waals surface area contributed by atoms with Gasteiger partial charge < -0.3 is 21.9 Å². The van der Waals surface area contributed by atoms with Gasteiger partial charge in [0.2, 0.25) is 5.96 Å². The van der Waals surface area contributed by atoms with Crippen LogP contribution in [-0.4, -0.2) is 19.0 Å². The van der Waals surface area contributed by atoms with Crippen molar-refractivity contribution in [3.63, 3.8) is 0 Å². The van der Waals surface area contributed by atoms with E-state index in [1.54, 1.807) is 25.3 Å². The molecule has 0 unspecified atom stereocenters. The number of methoxy groups -OCH3 is 1. The van der Waals surface area contributed by atoms with E-state index in [-0.39, 0.29) is 11.9 Å². The van der Waals surface area contributed by atoms with Crippen molar-refractivity contribution < 1.29 is 4.74 Å². The Balaban J connectivity index is 2.54. The molecule has 6 nitrogen and oxygen atoms in total. The standard InChI is InChI=1S/C15H16ClN5O/c1-22-11-6-7-12(9-2-4-10(16)5-3-9)13(8-11)20-15(19)21-14(17)18/h2-8H,1H3,(H6,17,18,19,20,21). The van der Waals surface area contributed by atoms with Gasteiger partial charge in [0.15, 0.2) is 5.96 Å². The first-order valence-corrected chi connectivity index (χ1v) is 6.75. The molecule has 0 bridgehead atoms. The summed E-state index contributed by atoms with van der Waals surface area (Å²) in [6.45, 7) is 0. The molecule has 114 valence electrons. The van der Waals surface area contributed by atoms with Gasteiger partial charge in [0.05, 0.1) is 12.8 Å². The molecule has 2 aromatic carbocycles. The van der Waals surface area contributed by atoms with Crippen molar-refractivity contribution in [1.29, 1.82) is 0 Å². The largest absolute Gasteiger partial charge is 0.497 e. The van der Waals surface area contributed by atoms with Crippen LogP contribution in [0.2, 0.25) is 5.02 Å². The molecule has 2 aromatic rings. The van der Waals surface area contributed by atoms with Gasteiger partial charge in [-0.25, -0.2) is 4.99 Å². The maximum absolute atomic E-state index is 5.92. The Hall–Kier alpha value is -2.73. The van der Waals surface area contributed by atoms with Crippen LogP contribution < -0.4 is 21.9 Å². The van der Waals surface area contributed by atoms with Crippen molar-refractivity contribution in [3.05, 3.63) is 47.5 Å². The molecule has 0 amide bonds. The number of ether oxygens (including phenoxy) is 1. The van der Waals surface area contributed by atoms with Crippen LogP contribution in [0.4, 0.5) is 5.69 Å². The molecule has 0 saturated carbocycles. The molecule has 0 spiro atoms. The van der Waals surface area contributed by atoms with E-state index < -0.39 is 0 Å². The van der Waals surface area contributed by atoms with Crippen molar-refractivity contribution in [2.75, 3.05) is 7.11 Å². The smallest absolute Gasteiger partial charge is 0.223 e. The van der Waals surface area contributed by atoms with Crippen LogP contribution in [0.15, 0.2) is 52.4 Å². The molecule has 0 saturated heterocycles. The second-order valence-electron chi connectivity index (χ2n) is 4.40. The van der Waals surface area contributed by atoms with E-state index in [2.05, 4.69) is 9.98 Å². The Morgan fingerprint density at radius 3 is 2.32 bits per heavy atom. The Bertz CT molecular complexity index is 721. The highest BCUT2D eigenvalue weighted by Crippen LogP contribution is 2.34. The maximum atomic E-state index is 5.92. The lowest BCUT2D eigenvalue weighted by Crippen LogP contribution is -2.26. The lowest BCUT2D eigenvalue weighted by molar-refractivity contribution is 0.415. The number of nitrogens with zero attached hydrogens (tertiary/aromatic N) is 2. The number of aliphatic imine (C=N–C) groups is 2. The predicted molar refractivity (Wildman–Crippen MR) is 90.5 cm³/mol. The fourth-order valence-corrected chi connectivity index (χ4v) is 2.01.